The summed E-state index contributed by atoms with van der Waals surface area (Å²) in [5.41, 5.74) is 0.810. The lowest BCUT2D eigenvalue weighted by atomic mass is 10.1. The van der Waals surface area contributed by atoms with Gasteiger partial charge >= 0.3 is 0 Å². The molecule has 30 heavy (non-hydrogen) atoms. The number of carbonyl (C=O) groups excluding carboxylic acids is 2. The maximum Gasteiger partial charge on any atom is 0.257 e. The topological polar surface area (TPSA) is 47.1 Å². The van der Waals surface area contributed by atoms with Gasteiger partial charge in [0, 0.05) is 58.4 Å². The van der Waals surface area contributed by atoms with Gasteiger partial charge in [0.2, 0.25) is 5.91 Å². The van der Waals surface area contributed by atoms with Crippen molar-refractivity contribution in [2.45, 2.75) is 26.3 Å². The van der Waals surface area contributed by atoms with Crippen molar-refractivity contribution >= 4 is 11.8 Å². The lowest BCUT2D eigenvalue weighted by Gasteiger charge is -2.39. The lowest BCUT2D eigenvalue weighted by molar-refractivity contribution is -0.134. The summed E-state index contributed by atoms with van der Waals surface area (Å²) in [5, 5.41) is 0. The fourth-order valence-corrected chi connectivity index (χ4v) is 4.26. The molecule has 164 valence electrons. The molecule has 3 rings (SSSR count). The van der Waals surface area contributed by atoms with Crippen molar-refractivity contribution in [3.05, 3.63) is 47.8 Å². The molecule has 1 aromatic rings. The van der Waals surface area contributed by atoms with Gasteiger partial charge in [-0.1, -0.05) is 18.2 Å². The molecule has 1 unspecified atom stereocenters. The van der Waals surface area contributed by atoms with Crippen LogP contribution in [0.3, 0.4) is 0 Å². The molecule has 2 amide bonds. The Morgan fingerprint density at radius 3 is 2.30 bits per heavy atom. The maximum atomic E-state index is 14.1. The van der Waals surface area contributed by atoms with E-state index in [1.807, 2.05) is 11.0 Å². The van der Waals surface area contributed by atoms with Crippen molar-refractivity contribution in [3.63, 3.8) is 0 Å². The summed E-state index contributed by atoms with van der Waals surface area (Å²) >= 11 is 0. The van der Waals surface area contributed by atoms with Crippen molar-refractivity contribution in [1.29, 1.82) is 0 Å². The van der Waals surface area contributed by atoms with Crippen LogP contribution in [0.15, 0.2) is 30.9 Å². The molecule has 0 radical (unpaired) electrons. The number of halogens is 1. The minimum Gasteiger partial charge on any atom is -0.339 e. The van der Waals surface area contributed by atoms with Gasteiger partial charge in [-0.2, -0.15) is 0 Å². The SMILES string of the molecule is C=CCC(C)N1CCN(C(=O)CN2CCN(C(=O)c3c(C)cccc3F)CC2)CC1. The molecular weight excluding hydrogens is 383 g/mol. The fourth-order valence-electron chi connectivity index (χ4n) is 4.26. The molecule has 0 aromatic heterocycles. The number of hydrogen-bond donors (Lipinski definition) is 0. The zero-order valence-corrected chi connectivity index (χ0v) is 18.1. The Morgan fingerprint density at radius 2 is 1.70 bits per heavy atom. The quantitative estimate of drug-likeness (QED) is 0.666. The first-order chi connectivity index (χ1) is 14.4. The number of rotatable bonds is 6. The third kappa shape index (κ3) is 5.26. The van der Waals surface area contributed by atoms with Gasteiger partial charge in [0.1, 0.15) is 5.82 Å². The van der Waals surface area contributed by atoms with Crippen LogP contribution < -0.4 is 0 Å². The highest BCUT2D eigenvalue weighted by atomic mass is 19.1. The van der Waals surface area contributed by atoms with E-state index in [0.29, 0.717) is 44.3 Å². The van der Waals surface area contributed by atoms with E-state index < -0.39 is 5.82 Å². The molecule has 0 spiro atoms. The molecule has 0 saturated carbocycles. The highest BCUT2D eigenvalue weighted by Gasteiger charge is 2.28. The van der Waals surface area contributed by atoms with E-state index in [1.54, 1.807) is 24.0 Å². The summed E-state index contributed by atoms with van der Waals surface area (Å²) in [5.74, 6) is -0.587. The van der Waals surface area contributed by atoms with Gasteiger partial charge in [0.25, 0.3) is 5.91 Å². The van der Waals surface area contributed by atoms with E-state index in [4.69, 9.17) is 0 Å². The normalized spacial score (nSPS) is 19.6. The van der Waals surface area contributed by atoms with Gasteiger partial charge in [0.05, 0.1) is 12.1 Å². The molecule has 2 heterocycles. The van der Waals surface area contributed by atoms with Crippen LogP contribution in [0.1, 0.15) is 29.3 Å². The van der Waals surface area contributed by atoms with Crippen LogP contribution in [0.25, 0.3) is 0 Å². The fraction of sp³-hybridized carbons (Fsp3) is 0.565. The first kappa shape index (κ1) is 22.4. The second-order valence-electron chi connectivity index (χ2n) is 8.29. The number of carbonyl (C=O) groups is 2. The largest absolute Gasteiger partial charge is 0.339 e. The smallest absolute Gasteiger partial charge is 0.257 e. The standard InChI is InChI=1S/C23H33FN4O2/c1-4-6-19(3)26-13-15-27(16-14-26)21(29)17-25-9-11-28(12-10-25)23(30)22-18(2)7-5-8-20(22)24/h4-5,7-8,19H,1,6,9-17H2,2-3H3. The molecule has 2 aliphatic rings. The maximum absolute atomic E-state index is 14.1. The van der Waals surface area contributed by atoms with Crippen LogP contribution in [-0.4, -0.2) is 96.4 Å². The van der Waals surface area contributed by atoms with Gasteiger partial charge in [-0.15, -0.1) is 6.58 Å². The minimum absolute atomic E-state index is 0.149. The van der Waals surface area contributed by atoms with Crippen molar-refractivity contribution < 1.29 is 14.0 Å². The van der Waals surface area contributed by atoms with Crippen molar-refractivity contribution in [2.75, 3.05) is 58.9 Å². The van der Waals surface area contributed by atoms with Crippen LogP contribution in [0.5, 0.6) is 0 Å². The van der Waals surface area contributed by atoms with Crippen LogP contribution in [-0.2, 0) is 4.79 Å². The molecule has 7 heteroatoms. The first-order valence-corrected chi connectivity index (χ1v) is 10.8. The second-order valence-corrected chi connectivity index (χ2v) is 8.29. The van der Waals surface area contributed by atoms with E-state index in [0.717, 1.165) is 32.6 Å². The van der Waals surface area contributed by atoms with Crippen molar-refractivity contribution in [1.82, 2.24) is 19.6 Å². The summed E-state index contributed by atoms with van der Waals surface area (Å²) in [6.07, 6.45) is 2.91. The highest BCUT2D eigenvalue weighted by molar-refractivity contribution is 5.96. The summed E-state index contributed by atoms with van der Waals surface area (Å²) in [6, 6.07) is 5.16. The van der Waals surface area contributed by atoms with Crippen molar-refractivity contribution in [3.8, 4) is 0 Å². The zero-order chi connectivity index (χ0) is 21.7. The summed E-state index contributed by atoms with van der Waals surface area (Å²) < 4.78 is 14.1. The van der Waals surface area contributed by atoms with Gasteiger partial charge in [-0.3, -0.25) is 19.4 Å². The number of amides is 2. The van der Waals surface area contributed by atoms with E-state index in [1.165, 1.54) is 6.07 Å². The Labute approximate surface area is 178 Å². The molecule has 6 nitrogen and oxygen atoms in total. The average Bonchev–Trinajstić information content (AvgIpc) is 2.74. The number of benzene rings is 1. The lowest BCUT2D eigenvalue weighted by Crippen LogP contribution is -2.55. The molecule has 2 saturated heterocycles. The third-order valence-corrected chi connectivity index (χ3v) is 6.25. The molecule has 0 aliphatic carbocycles. The van der Waals surface area contributed by atoms with Gasteiger partial charge in [-0.25, -0.2) is 4.39 Å². The van der Waals surface area contributed by atoms with Gasteiger partial charge < -0.3 is 9.80 Å². The molecule has 0 N–H and O–H groups in total. The number of nitrogens with zero attached hydrogens (tertiary/aromatic N) is 4. The zero-order valence-electron chi connectivity index (χ0n) is 18.1. The van der Waals surface area contributed by atoms with E-state index >= 15 is 0 Å². The Balaban J connectivity index is 1.45. The van der Waals surface area contributed by atoms with Crippen LogP contribution in [0.2, 0.25) is 0 Å². The summed E-state index contributed by atoms with van der Waals surface area (Å²) in [4.78, 5) is 33.6. The van der Waals surface area contributed by atoms with E-state index in [9.17, 15) is 14.0 Å². The Kier molecular flexibility index (Phi) is 7.61. The number of aryl methyl sites for hydroxylation is 1. The third-order valence-electron chi connectivity index (χ3n) is 6.25. The summed E-state index contributed by atoms with van der Waals surface area (Å²) in [6.45, 7) is 13.7. The van der Waals surface area contributed by atoms with Crippen LogP contribution >= 0.6 is 0 Å². The molecule has 1 atom stereocenters. The molecule has 0 bridgehead atoms. The average molecular weight is 417 g/mol. The van der Waals surface area contributed by atoms with E-state index in [2.05, 4.69) is 23.3 Å². The van der Waals surface area contributed by atoms with Crippen LogP contribution in [0, 0.1) is 12.7 Å². The highest BCUT2D eigenvalue weighted by Crippen LogP contribution is 2.17. The van der Waals surface area contributed by atoms with E-state index in [-0.39, 0.29) is 17.4 Å². The van der Waals surface area contributed by atoms with Crippen LogP contribution in [0.4, 0.5) is 4.39 Å². The molecule has 2 aliphatic heterocycles. The van der Waals surface area contributed by atoms with Gasteiger partial charge in [-0.05, 0) is 31.9 Å². The predicted octanol–water partition coefficient (Wildman–Crippen LogP) is 2.00. The minimum atomic E-state index is -0.473. The van der Waals surface area contributed by atoms with Gasteiger partial charge in [0.15, 0.2) is 0 Å². The number of hydrogen-bond acceptors (Lipinski definition) is 4. The Morgan fingerprint density at radius 1 is 1.07 bits per heavy atom. The summed E-state index contributed by atoms with van der Waals surface area (Å²) in [7, 11) is 0. The monoisotopic (exact) mass is 416 g/mol. The predicted molar refractivity (Wildman–Crippen MR) is 116 cm³/mol. The molecule has 2 fully saturated rings. The Hall–Kier alpha value is -2.25. The van der Waals surface area contributed by atoms with Crippen molar-refractivity contribution in [2.24, 2.45) is 0 Å². The molecular formula is C23H33FN4O2. The second kappa shape index (κ2) is 10.2. The number of piperazine rings is 2. The Bertz CT molecular complexity index is 748. The molecule has 1 aromatic carbocycles. The first-order valence-electron chi connectivity index (χ1n) is 10.8.